The minimum absolute atomic E-state index is 0. The largest absolute Gasteiger partial charge is 0.466 e. The van der Waals surface area contributed by atoms with Gasteiger partial charge in [-0.25, -0.2) is 19.5 Å². The fourth-order valence-electron chi connectivity index (χ4n) is 2.63. The summed E-state index contributed by atoms with van der Waals surface area (Å²) in [5.74, 6) is 0.572. The van der Waals surface area contributed by atoms with Gasteiger partial charge in [0.1, 0.15) is 24.6 Å². The van der Waals surface area contributed by atoms with Gasteiger partial charge < -0.3 is 46.2 Å². The molecule has 0 aromatic carbocycles. The molecule has 14 nitrogen and oxygen atoms in total. The Morgan fingerprint density at radius 3 is 2.40 bits per heavy atom. The van der Waals surface area contributed by atoms with Gasteiger partial charge in [-0.3, -0.25) is 4.57 Å². The first-order valence-corrected chi connectivity index (χ1v) is 10.0. The van der Waals surface area contributed by atoms with Gasteiger partial charge in [0.05, 0.1) is 12.9 Å². The highest BCUT2D eigenvalue weighted by Crippen LogP contribution is 2.32. The molecule has 1 saturated heterocycles. The van der Waals surface area contributed by atoms with Crippen molar-refractivity contribution in [1.29, 1.82) is 0 Å². The normalized spacial score (nSPS) is 23.3. The molecule has 1 fully saturated rings. The number of nitrogens with one attached hydrogen (secondary N) is 1. The van der Waals surface area contributed by atoms with Crippen LogP contribution < -0.4 is 11.5 Å². The van der Waals surface area contributed by atoms with E-state index in [0.717, 1.165) is 0 Å². The van der Waals surface area contributed by atoms with Crippen molar-refractivity contribution < 1.29 is 39.3 Å². The summed E-state index contributed by atoms with van der Waals surface area (Å²) in [5.41, 5.74) is 2.20. The number of fused-ring (bicyclic) bond motifs is 1. The van der Waals surface area contributed by atoms with Crippen molar-refractivity contribution in [3.8, 4) is 0 Å². The smallest absolute Gasteiger partial charge is 0.394 e. The van der Waals surface area contributed by atoms with Gasteiger partial charge in [-0.15, -0.1) is 0 Å². The van der Waals surface area contributed by atoms with Crippen LogP contribution in [0.5, 0.6) is 0 Å². The fraction of sp³-hybridized carbons (Fsp3) is 0.533. The first kappa shape index (κ1) is 26.0. The van der Waals surface area contributed by atoms with E-state index in [4.69, 9.17) is 24.0 Å². The fourth-order valence-corrected chi connectivity index (χ4v) is 2.63. The summed E-state index contributed by atoms with van der Waals surface area (Å²) in [7, 11) is -4.64. The van der Waals surface area contributed by atoms with Crippen LogP contribution >= 0.6 is 7.82 Å². The van der Waals surface area contributed by atoms with Gasteiger partial charge in [-0.2, -0.15) is 0 Å². The highest BCUT2D eigenvalue weighted by atomic mass is 31.2. The van der Waals surface area contributed by atoms with E-state index in [1.165, 1.54) is 22.8 Å². The van der Waals surface area contributed by atoms with E-state index in [1.807, 2.05) is 19.9 Å². The SMILES string of the molecule is CC(C)=CCNc1ncnc2c1ncn2[C@@H]1O[C@H](CO)[C@@H](O)[C@H]1O.N.O=P(O)(O)O. The maximum Gasteiger partial charge on any atom is 0.466 e. The molecule has 0 spiro atoms. The maximum atomic E-state index is 10.2. The Hall–Kier alpha value is -2.00. The number of nitrogens with zero attached hydrogens (tertiary/aromatic N) is 4. The topological polar surface area (TPSA) is 238 Å². The number of hydrogen-bond acceptors (Lipinski definition) is 10. The second-order valence-electron chi connectivity index (χ2n) is 6.45. The first-order valence-electron chi connectivity index (χ1n) is 8.48. The van der Waals surface area contributed by atoms with Crippen molar-refractivity contribution >= 4 is 24.8 Å². The van der Waals surface area contributed by atoms with E-state index in [2.05, 4.69) is 20.3 Å². The average Bonchev–Trinajstić information content (AvgIpc) is 3.16. The summed E-state index contributed by atoms with van der Waals surface area (Å²) in [6.45, 7) is 4.24. The first-order chi connectivity index (χ1) is 13.5. The van der Waals surface area contributed by atoms with Gasteiger partial charge in [0.25, 0.3) is 0 Å². The van der Waals surface area contributed by atoms with Gasteiger partial charge in [-0.05, 0) is 13.8 Å². The average molecular weight is 450 g/mol. The molecule has 3 rings (SSSR count). The lowest BCUT2D eigenvalue weighted by Crippen LogP contribution is -2.33. The summed E-state index contributed by atoms with van der Waals surface area (Å²) < 4.78 is 15.9. The van der Waals surface area contributed by atoms with Crippen molar-refractivity contribution in [3.05, 3.63) is 24.3 Å². The van der Waals surface area contributed by atoms with Crippen LogP contribution in [-0.2, 0) is 9.30 Å². The molecule has 0 radical (unpaired) electrons. The summed E-state index contributed by atoms with van der Waals surface area (Å²) >= 11 is 0. The number of allylic oxidation sites excluding steroid dienone is 1. The molecular formula is C15H27N6O8P. The number of hydrogen-bond donors (Lipinski definition) is 8. The van der Waals surface area contributed by atoms with E-state index in [-0.39, 0.29) is 12.8 Å². The Labute approximate surface area is 171 Å². The highest BCUT2D eigenvalue weighted by Gasteiger charge is 2.44. The Balaban J connectivity index is 0.000000674. The van der Waals surface area contributed by atoms with E-state index >= 15 is 0 Å². The molecule has 4 atom stereocenters. The molecule has 0 bridgehead atoms. The van der Waals surface area contributed by atoms with E-state index in [9.17, 15) is 15.3 Å². The summed E-state index contributed by atoms with van der Waals surface area (Å²) in [6.07, 6.45) is 0.823. The van der Waals surface area contributed by atoms with Crippen molar-refractivity contribution in [1.82, 2.24) is 25.7 Å². The van der Waals surface area contributed by atoms with Crippen molar-refractivity contribution in [2.45, 2.75) is 38.4 Å². The predicted octanol–water partition coefficient (Wildman–Crippen LogP) is -0.951. The number of anilines is 1. The number of imidazole rings is 1. The van der Waals surface area contributed by atoms with Crippen LogP contribution in [0.4, 0.5) is 5.82 Å². The summed E-state index contributed by atoms with van der Waals surface area (Å²) in [6, 6.07) is 0. The van der Waals surface area contributed by atoms with Crippen molar-refractivity contribution in [3.63, 3.8) is 0 Å². The van der Waals surface area contributed by atoms with Crippen LogP contribution in [0.25, 0.3) is 11.2 Å². The monoisotopic (exact) mass is 450 g/mol. The molecule has 15 heteroatoms. The van der Waals surface area contributed by atoms with Crippen LogP contribution in [-0.4, -0.2) is 81.0 Å². The molecule has 1 aliphatic rings. The van der Waals surface area contributed by atoms with Crippen LogP contribution in [0.3, 0.4) is 0 Å². The van der Waals surface area contributed by atoms with Crippen molar-refractivity contribution in [2.24, 2.45) is 0 Å². The molecule has 2 aromatic rings. The Morgan fingerprint density at radius 2 is 1.87 bits per heavy atom. The van der Waals surface area contributed by atoms with E-state index in [1.54, 1.807) is 0 Å². The van der Waals surface area contributed by atoms with Gasteiger partial charge in [0.15, 0.2) is 23.2 Å². The number of aromatic nitrogens is 4. The molecule has 10 N–H and O–H groups in total. The zero-order valence-corrected chi connectivity index (χ0v) is 17.3. The quantitative estimate of drug-likeness (QED) is 0.203. The number of aliphatic hydroxyl groups is 3. The third-order valence-corrected chi connectivity index (χ3v) is 3.93. The molecule has 2 aromatic heterocycles. The molecule has 30 heavy (non-hydrogen) atoms. The number of ether oxygens (including phenoxy) is 1. The Morgan fingerprint density at radius 1 is 1.23 bits per heavy atom. The zero-order valence-electron chi connectivity index (χ0n) is 16.4. The van der Waals surface area contributed by atoms with Crippen LogP contribution in [0.15, 0.2) is 24.3 Å². The summed E-state index contributed by atoms with van der Waals surface area (Å²) in [4.78, 5) is 34.2. The van der Waals surface area contributed by atoms with Crippen LogP contribution in [0.1, 0.15) is 20.1 Å². The lowest BCUT2D eigenvalue weighted by atomic mass is 10.1. The lowest BCUT2D eigenvalue weighted by molar-refractivity contribution is -0.0511. The number of aliphatic hydroxyl groups excluding tert-OH is 3. The molecule has 0 saturated carbocycles. The summed E-state index contributed by atoms with van der Waals surface area (Å²) in [5, 5.41) is 32.4. The zero-order chi connectivity index (χ0) is 21.8. The standard InChI is InChI=1S/C15H21N5O4.H3N.H3O4P/c1-8(2)3-4-16-13-10-14(18-6-17-13)20(7-19-10)15-12(23)11(22)9(5-21)24-15;;1-5(2,3)4/h3,6-7,9,11-12,15,21-23H,4-5H2,1-2H3,(H,16,17,18);1H3;(H3,1,2,3,4)/t9-,11-,12-,15-;;/m1../s1. The van der Waals surface area contributed by atoms with Gasteiger partial charge in [0.2, 0.25) is 0 Å². The molecular weight excluding hydrogens is 423 g/mol. The molecule has 0 unspecified atom stereocenters. The minimum atomic E-state index is -4.64. The number of phosphoric acid groups is 1. The van der Waals surface area contributed by atoms with Gasteiger partial charge in [-0.1, -0.05) is 11.6 Å². The Kier molecular flexibility index (Phi) is 9.42. The molecule has 170 valence electrons. The van der Waals surface area contributed by atoms with Crippen LogP contribution in [0.2, 0.25) is 0 Å². The minimum Gasteiger partial charge on any atom is -0.394 e. The van der Waals surface area contributed by atoms with E-state index < -0.39 is 32.4 Å². The van der Waals surface area contributed by atoms with Crippen molar-refractivity contribution in [2.75, 3.05) is 18.5 Å². The molecule has 1 aliphatic heterocycles. The molecule has 0 amide bonds. The number of rotatable bonds is 5. The predicted molar refractivity (Wildman–Crippen MR) is 106 cm³/mol. The maximum absolute atomic E-state index is 10.2. The van der Waals surface area contributed by atoms with Gasteiger partial charge >= 0.3 is 7.82 Å². The third-order valence-electron chi connectivity index (χ3n) is 3.93. The lowest BCUT2D eigenvalue weighted by Gasteiger charge is -2.16. The third kappa shape index (κ3) is 6.77. The highest BCUT2D eigenvalue weighted by molar-refractivity contribution is 7.45. The molecule has 0 aliphatic carbocycles. The van der Waals surface area contributed by atoms with E-state index in [0.29, 0.717) is 23.5 Å². The Bertz CT molecular complexity index is 890. The second kappa shape index (κ2) is 10.9. The van der Waals surface area contributed by atoms with Gasteiger partial charge in [0, 0.05) is 6.54 Å². The second-order valence-corrected chi connectivity index (χ2v) is 7.48. The molecule has 3 heterocycles. The van der Waals surface area contributed by atoms with Crippen LogP contribution in [0, 0.1) is 0 Å².